The molecule has 0 saturated heterocycles. The molecule has 2 aromatic carbocycles. The molecule has 0 radical (unpaired) electrons. The minimum atomic E-state index is -4.31. The predicted octanol–water partition coefficient (Wildman–Crippen LogP) is 6.54. The van der Waals surface area contributed by atoms with E-state index in [1.54, 1.807) is 35.5 Å². The van der Waals surface area contributed by atoms with Crippen LogP contribution in [0.2, 0.25) is 0 Å². The standard InChI is InChI=1S/C37H44N6O6S.ClH/c1-24(2)16-28-22-48-34-18-32(35-25(3)10-8-11-26(35)4)40-37(41-34)43(23-47-5)50(45,46)31-15-9-12-27(17-31)36(44)42(28)21-33-38-19-30(20-39-33)49-29-13-6-7-14-29;/h8-12,15,17-20,24,28-29H,6-7,13-14,16,21-23H2,1-5H3;1H/t28-;/m1./s1. The maximum Gasteiger partial charge on any atom is 0.268 e. The molecule has 1 aliphatic heterocycles. The molecule has 3 heterocycles. The molecule has 0 unspecified atom stereocenters. The summed E-state index contributed by atoms with van der Waals surface area (Å²) < 4.78 is 47.4. The second-order valence-electron chi connectivity index (χ2n) is 13.3. The molecule has 6 rings (SSSR count). The molecular formula is C37H45ClN6O6S. The van der Waals surface area contributed by atoms with Crippen LogP contribution in [-0.2, 0) is 21.3 Å². The number of methoxy groups -OCH3 is 1. The third kappa shape index (κ3) is 8.59. The van der Waals surface area contributed by atoms with Gasteiger partial charge in [0.1, 0.15) is 19.2 Å². The minimum absolute atomic E-state index is 0. The van der Waals surface area contributed by atoms with Crippen LogP contribution in [0.3, 0.4) is 0 Å². The van der Waals surface area contributed by atoms with E-state index in [4.69, 9.17) is 19.2 Å². The molecule has 4 bridgehead atoms. The Bertz CT molecular complexity index is 1920. The van der Waals surface area contributed by atoms with Gasteiger partial charge in [0.25, 0.3) is 15.9 Å². The van der Waals surface area contributed by atoms with E-state index < -0.39 is 16.1 Å². The monoisotopic (exact) mass is 736 g/mol. The highest BCUT2D eigenvalue weighted by Crippen LogP contribution is 2.32. The van der Waals surface area contributed by atoms with Crippen LogP contribution in [0.15, 0.2) is 65.8 Å². The summed E-state index contributed by atoms with van der Waals surface area (Å²) >= 11 is 0. The number of carbonyl (C=O) groups is 1. The number of hydrogen-bond acceptors (Lipinski definition) is 10. The van der Waals surface area contributed by atoms with Crippen molar-refractivity contribution < 1.29 is 27.4 Å². The third-order valence-electron chi connectivity index (χ3n) is 9.03. The van der Waals surface area contributed by atoms with Crippen molar-refractivity contribution in [3.05, 3.63) is 83.4 Å². The molecule has 2 aliphatic rings. The maximum absolute atomic E-state index is 14.5. The van der Waals surface area contributed by atoms with Gasteiger partial charge in [0, 0.05) is 24.3 Å². The first kappa shape index (κ1) is 37.9. The van der Waals surface area contributed by atoms with Crippen LogP contribution >= 0.6 is 12.4 Å². The summed E-state index contributed by atoms with van der Waals surface area (Å²) in [5.41, 5.74) is 3.46. The molecule has 0 spiro atoms. The van der Waals surface area contributed by atoms with Gasteiger partial charge in [-0.25, -0.2) is 27.7 Å². The number of aryl methyl sites for hydroxylation is 2. The predicted molar refractivity (Wildman–Crippen MR) is 196 cm³/mol. The minimum Gasteiger partial charge on any atom is -0.487 e. The summed E-state index contributed by atoms with van der Waals surface area (Å²) in [5.74, 6) is 0.887. The Hall–Kier alpha value is -4.33. The molecular weight excluding hydrogens is 692 g/mol. The van der Waals surface area contributed by atoms with Crippen molar-refractivity contribution in [1.29, 1.82) is 0 Å². The molecule has 1 amide bonds. The van der Waals surface area contributed by atoms with E-state index in [0.29, 0.717) is 23.7 Å². The summed E-state index contributed by atoms with van der Waals surface area (Å²) in [6.45, 7) is 7.88. The van der Waals surface area contributed by atoms with Gasteiger partial charge in [-0.05, 0) is 81.2 Å². The summed E-state index contributed by atoms with van der Waals surface area (Å²) in [4.78, 5) is 34.5. The number of fused-ring (bicyclic) bond motifs is 4. The summed E-state index contributed by atoms with van der Waals surface area (Å²) in [6, 6.07) is 13.2. The zero-order chi connectivity index (χ0) is 35.4. The van der Waals surface area contributed by atoms with Gasteiger partial charge in [-0.3, -0.25) is 4.79 Å². The molecule has 1 fully saturated rings. The van der Waals surface area contributed by atoms with Crippen molar-refractivity contribution in [3.8, 4) is 22.9 Å². The molecule has 51 heavy (non-hydrogen) atoms. The van der Waals surface area contributed by atoms with Crippen LogP contribution in [0.4, 0.5) is 5.95 Å². The number of halogens is 1. The summed E-state index contributed by atoms with van der Waals surface area (Å²) in [6.07, 6.45) is 8.37. The fourth-order valence-corrected chi connectivity index (χ4v) is 7.92. The van der Waals surface area contributed by atoms with Crippen molar-refractivity contribution in [1.82, 2.24) is 24.8 Å². The molecule has 1 saturated carbocycles. The molecule has 1 atom stereocenters. The number of anilines is 1. The Morgan fingerprint density at radius 1 is 0.980 bits per heavy atom. The largest absolute Gasteiger partial charge is 0.487 e. The Kier molecular flexibility index (Phi) is 12.2. The number of rotatable bonds is 9. The first-order valence-electron chi connectivity index (χ1n) is 17.0. The molecule has 14 heteroatoms. The molecule has 4 aromatic rings. The third-order valence-corrected chi connectivity index (χ3v) is 10.7. The van der Waals surface area contributed by atoms with Gasteiger partial charge in [-0.1, -0.05) is 38.1 Å². The molecule has 12 nitrogen and oxygen atoms in total. The van der Waals surface area contributed by atoms with Crippen molar-refractivity contribution in [2.45, 2.75) is 83.4 Å². The van der Waals surface area contributed by atoms with Crippen LogP contribution < -0.4 is 13.8 Å². The number of sulfonamides is 1. The second-order valence-corrected chi connectivity index (χ2v) is 15.2. The lowest BCUT2D eigenvalue weighted by molar-refractivity contribution is 0.0545. The maximum atomic E-state index is 14.5. The van der Waals surface area contributed by atoms with E-state index in [9.17, 15) is 13.2 Å². The van der Waals surface area contributed by atoms with Crippen LogP contribution in [0, 0.1) is 19.8 Å². The number of benzene rings is 2. The highest BCUT2D eigenvalue weighted by molar-refractivity contribution is 7.92. The number of amides is 1. The highest BCUT2D eigenvalue weighted by atomic mass is 35.5. The number of ether oxygens (including phenoxy) is 3. The van der Waals surface area contributed by atoms with Crippen LogP contribution in [0.5, 0.6) is 11.6 Å². The van der Waals surface area contributed by atoms with Gasteiger partial charge in [-0.2, -0.15) is 4.98 Å². The van der Waals surface area contributed by atoms with Crippen LogP contribution in [0.25, 0.3) is 11.3 Å². The number of nitrogens with zero attached hydrogens (tertiary/aromatic N) is 6. The van der Waals surface area contributed by atoms with Gasteiger partial charge in [0.15, 0.2) is 5.75 Å². The van der Waals surface area contributed by atoms with Gasteiger partial charge in [0.2, 0.25) is 11.8 Å². The van der Waals surface area contributed by atoms with Gasteiger partial charge in [-0.15, -0.1) is 12.4 Å². The zero-order valence-corrected chi connectivity index (χ0v) is 31.2. The average molecular weight is 737 g/mol. The van der Waals surface area contributed by atoms with Crippen molar-refractivity contribution in [3.63, 3.8) is 0 Å². The van der Waals surface area contributed by atoms with Gasteiger partial charge < -0.3 is 19.1 Å². The fourth-order valence-electron chi connectivity index (χ4n) is 6.59. The Labute approximate surface area is 306 Å². The summed E-state index contributed by atoms with van der Waals surface area (Å²) in [5, 5.41) is 0. The smallest absolute Gasteiger partial charge is 0.268 e. The Morgan fingerprint density at radius 2 is 1.67 bits per heavy atom. The van der Waals surface area contributed by atoms with E-state index in [1.165, 1.54) is 19.2 Å². The fraction of sp³-hybridized carbons (Fsp3) is 0.432. The molecule has 0 N–H and O–H groups in total. The first-order chi connectivity index (χ1) is 24.0. The van der Waals surface area contributed by atoms with Crippen molar-refractivity contribution >= 4 is 34.3 Å². The highest BCUT2D eigenvalue weighted by Gasteiger charge is 2.33. The van der Waals surface area contributed by atoms with Crippen LogP contribution in [0.1, 0.15) is 73.3 Å². The number of aromatic nitrogens is 4. The molecule has 2 aromatic heterocycles. The van der Waals surface area contributed by atoms with E-state index in [2.05, 4.69) is 28.8 Å². The van der Waals surface area contributed by atoms with E-state index >= 15 is 0 Å². The van der Waals surface area contributed by atoms with E-state index in [1.807, 2.05) is 32.0 Å². The van der Waals surface area contributed by atoms with Gasteiger partial charge in [0.05, 0.1) is 41.7 Å². The quantitative estimate of drug-likeness (QED) is 0.186. The lowest BCUT2D eigenvalue weighted by Crippen LogP contribution is -2.44. The lowest BCUT2D eigenvalue weighted by Gasteiger charge is -2.32. The van der Waals surface area contributed by atoms with Crippen molar-refractivity contribution in [2.75, 3.05) is 24.8 Å². The summed E-state index contributed by atoms with van der Waals surface area (Å²) in [7, 11) is -2.91. The van der Waals surface area contributed by atoms with Crippen molar-refractivity contribution in [2.24, 2.45) is 5.92 Å². The number of carbonyl (C=O) groups excluding carboxylic acids is 1. The SMILES string of the molecule is COCN1c2nc(cc(-c3c(C)cccc3C)n2)OC[C@@H](CC(C)C)N(Cc2ncc(OC3CCCC3)cn2)C(=O)c2cccc(c2)S1(=O)=O.Cl. The first-order valence-corrected chi connectivity index (χ1v) is 18.5. The normalized spacial score (nSPS) is 17.6. The molecule has 272 valence electrons. The van der Waals surface area contributed by atoms with Crippen LogP contribution in [-0.4, -0.2) is 71.8 Å². The van der Waals surface area contributed by atoms with Gasteiger partial charge >= 0.3 is 0 Å². The Morgan fingerprint density at radius 3 is 2.33 bits per heavy atom. The van der Waals surface area contributed by atoms with E-state index in [-0.39, 0.29) is 72.5 Å². The Balaban J connectivity index is 0.00000504. The topological polar surface area (TPSA) is 137 Å². The zero-order valence-electron chi connectivity index (χ0n) is 29.6. The second kappa shape index (κ2) is 16.3. The molecule has 1 aliphatic carbocycles. The average Bonchev–Trinajstić information content (AvgIpc) is 3.61. The lowest BCUT2D eigenvalue weighted by atomic mass is 10.00. The number of hydrogen-bond donors (Lipinski definition) is 0. The van der Waals surface area contributed by atoms with E-state index in [0.717, 1.165) is 46.7 Å².